The predicted molar refractivity (Wildman–Crippen MR) is 219 cm³/mol. The second-order valence-corrected chi connectivity index (χ2v) is 20.6. The van der Waals surface area contributed by atoms with Crippen LogP contribution in [0.5, 0.6) is 0 Å². The predicted octanol–water partition coefficient (Wildman–Crippen LogP) is -2.19. The average molecular weight is 989 g/mol. The number of nitrogens with one attached hydrogen (secondary N) is 6. The van der Waals surface area contributed by atoms with E-state index in [1.54, 1.807) is 0 Å². The fraction of sp³-hybridized carbons (Fsp3) is 0.706. The number of aliphatic hydroxyl groups is 2. The molecule has 1 aromatic rings. The number of phosphoric ester groups is 1. The molecule has 64 heavy (non-hydrogen) atoms. The molecular formula is C34H53N7O19P3S-3. The van der Waals surface area contributed by atoms with Crippen molar-refractivity contribution in [1.29, 1.82) is 0 Å². The van der Waals surface area contributed by atoms with E-state index in [-0.39, 0.29) is 54.4 Å². The van der Waals surface area contributed by atoms with Gasteiger partial charge in [0.2, 0.25) is 17.7 Å². The summed E-state index contributed by atoms with van der Waals surface area (Å²) in [5.41, 5.74) is -2.16. The van der Waals surface area contributed by atoms with Crippen molar-refractivity contribution < 1.29 is 80.5 Å². The molecule has 0 saturated carbocycles. The topological polar surface area (TPSA) is 401 Å². The van der Waals surface area contributed by atoms with Gasteiger partial charge in [-0.3, -0.25) is 42.4 Å². The van der Waals surface area contributed by atoms with Crippen LogP contribution in [0.15, 0.2) is 21.9 Å². The van der Waals surface area contributed by atoms with Crippen LogP contribution in [0.4, 0.5) is 4.79 Å². The maximum atomic E-state index is 12.5. The lowest BCUT2D eigenvalue weighted by Gasteiger charge is -2.33. The number of hydrogen-bond acceptors (Lipinski definition) is 19. The number of thioether (sulfide) groups is 1. The number of urea groups is 1. The lowest BCUT2D eigenvalue weighted by atomic mass is 10.0. The number of fused-ring (bicyclic) bond motifs is 1. The summed E-state index contributed by atoms with van der Waals surface area (Å²) in [6.45, 7) is -0.240. The molecule has 362 valence electrons. The molecule has 0 spiro atoms. The van der Waals surface area contributed by atoms with Crippen LogP contribution in [0.2, 0.25) is 0 Å². The summed E-state index contributed by atoms with van der Waals surface area (Å²) >= 11 is 1.86. The highest BCUT2D eigenvalue weighted by molar-refractivity contribution is 8.00. The van der Waals surface area contributed by atoms with E-state index < -0.39 is 65.9 Å². The molecule has 3 aliphatic heterocycles. The first-order valence-electron chi connectivity index (χ1n) is 20.4. The van der Waals surface area contributed by atoms with Gasteiger partial charge in [-0.05, 0) is 38.5 Å². The molecular weight excluding hydrogens is 935 g/mol. The summed E-state index contributed by atoms with van der Waals surface area (Å²) < 4.78 is 50.7. The molecule has 10 atom stereocenters. The Bertz CT molecular complexity index is 2070. The van der Waals surface area contributed by atoms with Crippen molar-refractivity contribution in [2.75, 3.05) is 32.0 Å². The summed E-state index contributed by atoms with van der Waals surface area (Å²) in [5, 5.41) is 35.5. The van der Waals surface area contributed by atoms with Gasteiger partial charge >= 0.3 is 11.7 Å². The Morgan fingerprint density at radius 3 is 2.08 bits per heavy atom. The van der Waals surface area contributed by atoms with Crippen molar-refractivity contribution >= 4 is 65.1 Å². The number of phosphoric acid groups is 3. The van der Waals surface area contributed by atoms with Gasteiger partial charge in [0.15, 0.2) is 6.23 Å². The molecule has 4 unspecified atom stereocenters. The molecule has 0 aliphatic carbocycles. The van der Waals surface area contributed by atoms with E-state index in [9.17, 15) is 67.4 Å². The molecule has 5 amide bonds. The monoisotopic (exact) mass is 988 g/mol. The van der Waals surface area contributed by atoms with Crippen LogP contribution >= 0.6 is 35.2 Å². The zero-order valence-corrected chi connectivity index (χ0v) is 37.9. The zero-order chi connectivity index (χ0) is 47.1. The molecule has 30 heteroatoms. The molecule has 26 nitrogen and oxygen atoms in total. The summed E-state index contributed by atoms with van der Waals surface area (Å²) in [6, 6.07) is 0.268. The Morgan fingerprint density at radius 2 is 1.45 bits per heavy atom. The van der Waals surface area contributed by atoms with E-state index >= 15 is 0 Å². The van der Waals surface area contributed by atoms with Gasteiger partial charge in [0.1, 0.15) is 18.3 Å². The third kappa shape index (κ3) is 18.2. The van der Waals surface area contributed by atoms with Crippen LogP contribution in [-0.2, 0) is 46.0 Å². The van der Waals surface area contributed by atoms with Crippen LogP contribution in [-0.4, -0.2) is 116 Å². The van der Waals surface area contributed by atoms with Crippen molar-refractivity contribution in [1.82, 2.24) is 36.1 Å². The molecule has 4 rings (SSSR count). The standard InChI is InChI=1S/C34H56N7O19P3S/c42-25(12-3-1-8-16-36-27(44)14-6-5-11-24-28-22(20-64-24)38-33(48)39-28)35-15-7-2-4-13-26(43)37-17-9-10-21-18-41(34(49)40-31(21)47)32-30(46)29(45)23(58-32)19-57-62(53,54)60-63(55,56)59-61(50,51)52/h9-10,18,22-24,28-30,32,45-46H,1-8,11-17,19-20H2,(H,35,42)(H,36,44)(H,37,43)(H,53,54)(H,55,56)(H2,38,39,48)(H,40,47,49)(H2,50,51,52)/p-3/b10-9+/t22-,23-,24-,28-,29?,30+,32-/m1/s1. The smallest absolute Gasteiger partial charge is 0.330 e. The third-order valence-corrected chi connectivity index (χ3v) is 15.2. The maximum Gasteiger partial charge on any atom is 0.330 e. The highest BCUT2D eigenvalue weighted by atomic mass is 32.2. The van der Waals surface area contributed by atoms with Gasteiger partial charge in [-0.15, -0.1) is 0 Å². The highest BCUT2D eigenvalue weighted by Crippen LogP contribution is 2.61. The summed E-state index contributed by atoms with van der Waals surface area (Å²) in [6.07, 6.45) is 4.01. The lowest BCUT2D eigenvalue weighted by molar-refractivity contribution is -0.250. The van der Waals surface area contributed by atoms with Crippen molar-refractivity contribution in [2.24, 2.45) is 0 Å². The Kier molecular flexibility index (Phi) is 20.9. The number of H-pyrrole nitrogens is 1. The Labute approximate surface area is 370 Å². The molecule has 9 N–H and O–H groups in total. The van der Waals surface area contributed by atoms with Crippen LogP contribution in [0.3, 0.4) is 0 Å². The van der Waals surface area contributed by atoms with E-state index in [0.29, 0.717) is 61.4 Å². The second-order valence-electron chi connectivity index (χ2n) is 15.0. The molecule has 0 bridgehead atoms. The number of unbranched alkanes of at least 4 members (excludes halogenated alkanes) is 5. The SMILES string of the molecule is O=C(CCCCCNC(=O)CCCCCNC(=O)CCCC[C@H]1SC[C@H]2NC(=O)N[C@H]21)NC/C=C/c1cn([C@@H]2O[C@H](COP(=O)([O-])OP(=O)([O-])OP(=O)([O-])O)C(O)[C@@H]2O)c(=O)[nH]c1=O. The number of amides is 5. The first-order valence-corrected chi connectivity index (χ1v) is 25.8. The van der Waals surface area contributed by atoms with Crippen molar-refractivity contribution in [3.05, 3.63) is 38.7 Å². The normalized spacial score (nSPS) is 25.7. The molecule has 3 saturated heterocycles. The van der Waals surface area contributed by atoms with E-state index in [4.69, 9.17) is 9.63 Å². The van der Waals surface area contributed by atoms with Gasteiger partial charge < -0.3 is 65.6 Å². The van der Waals surface area contributed by atoms with Crippen molar-refractivity contribution in [3.8, 4) is 0 Å². The molecule has 1 aromatic heterocycles. The van der Waals surface area contributed by atoms with Gasteiger partial charge in [-0.2, -0.15) is 11.8 Å². The van der Waals surface area contributed by atoms with Gasteiger partial charge in [0.25, 0.3) is 29.0 Å². The number of aromatic amines is 1. The van der Waals surface area contributed by atoms with Gasteiger partial charge in [0.05, 0.1) is 24.3 Å². The summed E-state index contributed by atoms with van der Waals surface area (Å²) in [4.78, 5) is 117. The first kappa shape index (κ1) is 53.4. The minimum atomic E-state index is -6.20. The molecule has 3 aliphatic rings. The van der Waals surface area contributed by atoms with E-state index in [1.807, 2.05) is 16.7 Å². The number of nitrogens with zero attached hydrogens (tertiary/aromatic N) is 1. The van der Waals surface area contributed by atoms with Crippen LogP contribution in [0.1, 0.15) is 88.8 Å². The van der Waals surface area contributed by atoms with Crippen LogP contribution in [0, 0.1) is 0 Å². The minimum Gasteiger partial charge on any atom is -0.756 e. The van der Waals surface area contributed by atoms with Gasteiger partial charge in [-0.1, -0.05) is 31.4 Å². The van der Waals surface area contributed by atoms with Crippen LogP contribution in [0.25, 0.3) is 6.08 Å². The molecule has 0 aromatic carbocycles. The van der Waals surface area contributed by atoms with Gasteiger partial charge in [-0.25, -0.2) is 18.2 Å². The van der Waals surface area contributed by atoms with Crippen molar-refractivity contribution in [2.45, 2.75) is 119 Å². The molecule has 4 heterocycles. The Hall–Kier alpha value is -3.26. The second kappa shape index (κ2) is 25.0. The first-order chi connectivity index (χ1) is 30.1. The minimum absolute atomic E-state index is 0.0155. The summed E-state index contributed by atoms with van der Waals surface area (Å²) in [5.74, 6) is 0.568. The van der Waals surface area contributed by atoms with Crippen LogP contribution < -0.4 is 52.5 Å². The number of rotatable bonds is 28. The largest absolute Gasteiger partial charge is 0.756 e. The molecule has 3 fully saturated rings. The Balaban J connectivity index is 1.03. The maximum absolute atomic E-state index is 12.5. The van der Waals surface area contributed by atoms with Crippen molar-refractivity contribution in [3.63, 3.8) is 0 Å². The number of aromatic nitrogens is 2. The number of aliphatic hydroxyl groups excluding tert-OH is 2. The third-order valence-electron chi connectivity index (χ3n) is 10.0. The fourth-order valence-corrected chi connectivity index (χ4v) is 11.3. The Morgan fingerprint density at radius 1 is 0.844 bits per heavy atom. The van der Waals surface area contributed by atoms with Gasteiger partial charge in [0, 0.05) is 56.1 Å². The number of carbonyl (C=O) groups excluding carboxylic acids is 4. The highest BCUT2D eigenvalue weighted by Gasteiger charge is 2.45. The number of carbonyl (C=O) groups is 4. The number of hydrogen-bond donors (Lipinski definition) is 9. The van der Waals surface area contributed by atoms with E-state index in [2.05, 4.69) is 39.7 Å². The molecule has 0 radical (unpaired) electrons. The summed E-state index contributed by atoms with van der Waals surface area (Å²) in [7, 11) is -18.1. The average Bonchev–Trinajstić information content (AvgIpc) is 3.84. The van der Waals surface area contributed by atoms with E-state index in [0.717, 1.165) is 44.1 Å². The quantitative estimate of drug-likeness (QED) is 0.0245. The zero-order valence-electron chi connectivity index (χ0n) is 34.4. The number of ether oxygens (including phenoxy) is 1. The lowest BCUT2D eigenvalue weighted by Crippen LogP contribution is -2.38. The van der Waals surface area contributed by atoms with E-state index in [1.165, 1.54) is 12.2 Å². The fourth-order valence-electron chi connectivity index (χ4n) is 6.89.